The van der Waals surface area contributed by atoms with Crippen LogP contribution in [0.5, 0.6) is 0 Å². The Morgan fingerprint density at radius 1 is 1.07 bits per heavy atom. The van der Waals surface area contributed by atoms with Crippen LogP contribution >= 0.6 is 0 Å². The number of hydrogen-bond acceptors (Lipinski definition) is 1. The second-order valence-corrected chi connectivity index (χ2v) is 5.21. The number of rotatable bonds is 1. The van der Waals surface area contributed by atoms with Crippen molar-refractivity contribution in [3.05, 3.63) is 23.5 Å². The van der Waals surface area contributed by atoms with Crippen LogP contribution in [0, 0.1) is 0 Å². The number of aromatic amines is 2. The van der Waals surface area contributed by atoms with Crippen LogP contribution in [0.25, 0.3) is 0 Å². The summed E-state index contributed by atoms with van der Waals surface area (Å²) in [5, 5.41) is 6.31. The molecule has 1 heterocycles. The Hall–Kier alpha value is -0.960. The fraction of sp³-hybridized carbons (Fsp3) is 0.636. The van der Waals surface area contributed by atoms with Gasteiger partial charge in [-0.2, -0.15) is 0 Å². The predicted molar refractivity (Wildman–Crippen MR) is 54.4 cm³/mol. The molecule has 3 rings (SSSR count). The maximum Gasteiger partial charge on any atom is 0.0819 e. The van der Waals surface area contributed by atoms with Gasteiger partial charge in [0.2, 0.25) is 0 Å². The van der Waals surface area contributed by atoms with Gasteiger partial charge in [-0.25, -0.2) is 0 Å². The highest BCUT2D eigenvalue weighted by Gasteiger charge is 2.47. The molecular formula is C11H16N2O. The summed E-state index contributed by atoms with van der Waals surface area (Å²) >= 11 is 0. The summed E-state index contributed by atoms with van der Waals surface area (Å²) in [7, 11) is 0. The molecule has 2 N–H and O–H groups in total. The fourth-order valence-corrected chi connectivity index (χ4v) is 2.49. The molecule has 2 aliphatic carbocycles. The Labute approximate surface area is 83.5 Å². The highest BCUT2D eigenvalue weighted by Crippen LogP contribution is 2.50. The molecule has 0 radical (unpaired) electrons. The molecular weight excluding hydrogens is 176 g/mol. The second kappa shape index (κ2) is 2.34. The van der Waals surface area contributed by atoms with Crippen LogP contribution in [0.15, 0.2) is 12.2 Å². The molecule has 0 spiro atoms. The zero-order chi connectivity index (χ0) is 9.92. The Morgan fingerprint density at radius 2 is 1.57 bits per heavy atom. The van der Waals surface area contributed by atoms with E-state index < -0.39 is 0 Å². The minimum atomic E-state index is -0.0575. The van der Waals surface area contributed by atoms with E-state index in [1.54, 1.807) is 0 Å². The number of hydrogen-bond donors (Lipinski definition) is 2. The number of ether oxygens (including phenoxy) is 1. The van der Waals surface area contributed by atoms with E-state index in [-0.39, 0.29) is 5.60 Å². The van der Waals surface area contributed by atoms with Crippen molar-refractivity contribution in [3.8, 4) is 0 Å². The molecule has 2 bridgehead atoms. The van der Waals surface area contributed by atoms with Crippen LogP contribution in [0.1, 0.15) is 44.0 Å². The lowest BCUT2D eigenvalue weighted by Gasteiger charge is -2.27. The lowest BCUT2D eigenvalue weighted by atomic mass is 10.1. The summed E-state index contributed by atoms with van der Waals surface area (Å²) in [5.41, 5.74) is 2.62. The van der Waals surface area contributed by atoms with Crippen LogP contribution in [-0.4, -0.2) is 21.9 Å². The van der Waals surface area contributed by atoms with Gasteiger partial charge in [0.25, 0.3) is 0 Å². The van der Waals surface area contributed by atoms with Crippen molar-refractivity contribution >= 4 is 0 Å². The number of nitrogens with one attached hydrogen (secondary N) is 2. The largest absolute Gasteiger partial charge is 0.371 e. The van der Waals surface area contributed by atoms with Crippen molar-refractivity contribution in [1.82, 2.24) is 10.2 Å². The highest BCUT2D eigenvalue weighted by molar-refractivity contribution is 5.44. The molecule has 2 aliphatic rings. The predicted octanol–water partition coefficient (Wildman–Crippen LogP) is 2.28. The number of H-pyrrole nitrogens is 2. The van der Waals surface area contributed by atoms with Gasteiger partial charge in [0.1, 0.15) is 0 Å². The lowest BCUT2D eigenvalue weighted by molar-refractivity contribution is -0.0624. The van der Waals surface area contributed by atoms with Crippen molar-refractivity contribution in [2.75, 3.05) is 0 Å². The molecule has 0 aliphatic heterocycles. The van der Waals surface area contributed by atoms with Gasteiger partial charge in [0, 0.05) is 11.8 Å². The zero-order valence-corrected chi connectivity index (χ0v) is 8.79. The molecule has 2 atom stereocenters. The lowest BCUT2D eigenvalue weighted by Crippen LogP contribution is -2.29. The first-order chi connectivity index (χ1) is 6.56. The van der Waals surface area contributed by atoms with Gasteiger partial charge in [-0.05, 0) is 20.8 Å². The maximum atomic E-state index is 6.08. The molecule has 0 aromatic carbocycles. The highest BCUT2D eigenvalue weighted by atomic mass is 16.5. The van der Waals surface area contributed by atoms with E-state index in [4.69, 9.17) is 4.74 Å². The van der Waals surface area contributed by atoms with E-state index in [2.05, 4.69) is 43.1 Å². The van der Waals surface area contributed by atoms with Gasteiger partial charge in [-0.1, -0.05) is 12.2 Å². The Morgan fingerprint density at radius 3 is 1.93 bits per heavy atom. The van der Waals surface area contributed by atoms with Crippen molar-refractivity contribution < 1.29 is 4.74 Å². The van der Waals surface area contributed by atoms with Crippen molar-refractivity contribution in [3.63, 3.8) is 0 Å². The third kappa shape index (κ3) is 0.960. The Bertz CT molecular complexity index is 352. The van der Waals surface area contributed by atoms with E-state index in [1.165, 1.54) is 11.4 Å². The summed E-state index contributed by atoms with van der Waals surface area (Å²) in [6.07, 6.45) is 4.82. The summed E-state index contributed by atoms with van der Waals surface area (Å²) in [6, 6.07) is 0. The molecule has 1 aromatic rings. The molecule has 0 saturated carbocycles. The summed E-state index contributed by atoms with van der Waals surface area (Å²) in [4.78, 5) is 0. The molecule has 2 unspecified atom stereocenters. The summed E-state index contributed by atoms with van der Waals surface area (Å²) in [5.74, 6) is 0.908. The molecule has 3 heteroatoms. The Balaban J connectivity index is 1.85. The second-order valence-electron chi connectivity index (χ2n) is 5.21. The number of fused-ring (bicyclic) bond motifs is 5. The van der Waals surface area contributed by atoms with Crippen molar-refractivity contribution in [1.29, 1.82) is 0 Å². The molecule has 3 nitrogen and oxygen atoms in total. The summed E-state index contributed by atoms with van der Waals surface area (Å²) in [6.45, 7) is 6.34. The molecule has 0 saturated heterocycles. The smallest absolute Gasteiger partial charge is 0.0819 e. The first kappa shape index (κ1) is 8.36. The zero-order valence-electron chi connectivity index (χ0n) is 8.79. The first-order valence-corrected chi connectivity index (χ1v) is 5.18. The average Bonchev–Trinajstić information content (AvgIpc) is 2.37. The SMILES string of the molecule is CC(C)(C)OC1C2C=CC1c1[nH][nH]c12. The third-order valence-electron chi connectivity index (χ3n) is 3.01. The minimum Gasteiger partial charge on any atom is -0.371 e. The van der Waals surface area contributed by atoms with Gasteiger partial charge >= 0.3 is 0 Å². The normalized spacial score (nSPS) is 34.1. The molecule has 1 aromatic heterocycles. The van der Waals surface area contributed by atoms with Gasteiger partial charge in [-0.3, -0.25) is 0 Å². The standard InChI is InChI=1S/C11H16N2O/c1-11(2,3)14-10-6-4-5-7(10)9-8(6)12-13-9/h4-7,10,12-13H,1-3H3. The quantitative estimate of drug-likeness (QED) is 0.658. The summed E-state index contributed by atoms with van der Waals surface area (Å²) < 4.78 is 6.08. The van der Waals surface area contributed by atoms with Crippen LogP contribution in [0.2, 0.25) is 0 Å². The average molecular weight is 192 g/mol. The third-order valence-corrected chi connectivity index (χ3v) is 3.01. The molecule has 14 heavy (non-hydrogen) atoms. The van der Waals surface area contributed by atoms with Gasteiger partial charge in [0.15, 0.2) is 0 Å². The number of aromatic nitrogens is 2. The van der Waals surface area contributed by atoms with E-state index in [0.717, 1.165) is 0 Å². The molecule has 76 valence electrons. The van der Waals surface area contributed by atoms with E-state index >= 15 is 0 Å². The van der Waals surface area contributed by atoms with Crippen LogP contribution in [0.3, 0.4) is 0 Å². The molecule has 0 fully saturated rings. The minimum absolute atomic E-state index is 0.0575. The van der Waals surface area contributed by atoms with Gasteiger partial charge in [-0.15, -0.1) is 0 Å². The van der Waals surface area contributed by atoms with E-state index in [0.29, 0.717) is 17.9 Å². The first-order valence-electron chi connectivity index (χ1n) is 5.18. The van der Waals surface area contributed by atoms with Crippen LogP contribution < -0.4 is 0 Å². The Kier molecular flexibility index (Phi) is 1.40. The fourth-order valence-electron chi connectivity index (χ4n) is 2.49. The van der Waals surface area contributed by atoms with Crippen LogP contribution in [-0.2, 0) is 4.74 Å². The molecule has 0 amide bonds. The monoisotopic (exact) mass is 192 g/mol. The van der Waals surface area contributed by atoms with E-state index in [9.17, 15) is 0 Å². The van der Waals surface area contributed by atoms with Crippen molar-refractivity contribution in [2.45, 2.75) is 44.3 Å². The van der Waals surface area contributed by atoms with E-state index in [1.807, 2.05) is 0 Å². The van der Waals surface area contributed by atoms with Crippen molar-refractivity contribution in [2.24, 2.45) is 0 Å². The topological polar surface area (TPSA) is 40.8 Å². The maximum absolute atomic E-state index is 6.08. The van der Waals surface area contributed by atoms with Gasteiger partial charge in [0.05, 0.1) is 23.1 Å². The van der Waals surface area contributed by atoms with Crippen LogP contribution in [0.4, 0.5) is 0 Å². The van der Waals surface area contributed by atoms with Gasteiger partial charge < -0.3 is 14.9 Å².